The Morgan fingerprint density at radius 1 is 0.943 bits per heavy atom. The van der Waals surface area contributed by atoms with Crippen LogP contribution in [0.2, 0.25) is 0 Å². The number of benzene rings is 2. The molecule has 35 heavy (non-hydrogen) atoms. The zero-order valence-corrected chi connectivity index (χ0v) is 21.8. The van der Waals surface area contributed by atoms with Crippen LogP contribution in [0, 0.1) is 5.41 Å². The summed E-state index contributed by atoms with van der Waals surface area (Å²) in [6.07, 6.45) is 2.16. The first-order valence-corrected chi connectivity index (χ1v) is 12.4. The van der Waals surface area contributed by atoms with Crippen LogP contribution in [0.15, 0.2) is 42.5 Å². The lowest BCUT2D eigenvalue weighted by Gasteiger charge is -2.38. The van der Waals surface area contributed by atoms with Gasteiger partial charge in [-0.1, -0.05) is 39.0 Å². The Labute approximate surface area is 208 Å². The van der Waals surface area contributed by atoms with Gasteiger partial charge in [0.15, 0.2) is 0 Å². The van der Waals surface area contributed by atoms with E-state index in [0.717, 1.165) is 36.1 Å². The van der Waals surface area contributed by atoms with Crippen molar-refractivity contribution >= 4 is 12.1 Å². The molecule has 0 N–H and O–H groups in total. The van der Waals surface area contributed by atoms with Crippen molar-refractivity contribution in [2.24, 2.45) is 5.41 Å². The zero-order valence-electron chi connectivity index (χ0n) is 21.8. The number of fused-ring (bicyclic) bond motifs is 1. The molecule has 1 fully saturated rings. The maximum absolute atomic E-state index is 12.4. The highest BCUT2D eigenvalue weighted by Crippen LogP contribution is 2.42. The fraction of sp³-hybridized carbons (Fsp3) is 0.517. The van der Waals surface area contributed by atoms with Crippen molar-refractivity contribution in [2.45, 2.75) is 72.0 Å². The van der Waals surface area contributed by atoms with Gasteiger partial charge in [-0.15, -0.1) is 0 Å². The van der Waals surface area contributed by atoms with E-state index in [4.69, 9.17) is 14.2 Å². The largest absolute Gasteiger partial charge is 0.487 e. The number of carbonyl (C=O) groups is 2. The summed E-state index contributed by atoms with van der Waals surface area (Å²) in [5, 5.41) is 0. The SMILES string of the molecule is CC(C)(C)COC(=O)N1CCC2(CC1)Cc1cc(-c3ccc(C(=O)OC(C)(C)C)cc3)ccc1O2. The third kappa shape index (κ3) is 6.16. The molecule has 2 aliphatic rings. The first-order valence-electron chi connectivity index (χ1n) is 12.4. The molecular formula is C29H37NO5. The van der Waals surface area contributed by atoms with Crippen LogP contribution in [0.1, 0.15) is 70.3 Å². The summed E-state index contributed by atoms with van der Waals surface area (Å²) in [5.41, 5.74) is 3.02. The van der Waals surface area contributed by atoms with E-state index in [1.165, 1.54) is 5.56 Å². The van der Waals surface area contributed by atoms with Crippen molar-refractivity contribution in [2.75, 3.05) is 19.7 Å². The molecule has 0 bridgehead atoms. The maximum atomic E-state index is 12.4. The second-order valence-corrected chi connectivity index (χ2v) is 12.0. The number of likely N-dealkylation sites (tertiary alicyclic amines) is 1. The quantitative estimate of drug-likeness (QED) is 0.486. The van der Waals surface area contributed by atoms with Crippen molar-refractivity contribution in [1.82, 2.24) is 4.90 Å². The van der Waals surface area contributed by atoms with Gasteiger partial charge in [-0.3, -0.25) is 0 Å². The first kappa shape index (κ1) is 25.1. The summed E-state index contributed by atoms with van der Waals surface area (Å²) in [4.78, 5) is 26.5. The molecule has 2 aromatic carbocycles. The van der Waals surface area contributed by atoms with Crippen LogP contribution >= 0.6 is 0 Å². The third-order valence-electron chi connectivity index (χ3n) is 6.31. The van der Waals surface area contributed by atoms with Gasteiger partial charge in [0.25, 0.3) is 0 Å². The number of esters is 1. The Balaban J connectivity index is 1.38. The maximum Gasteiger partial charge on any atom is 0.409 e. The molecule has 0 saturated carbocycles. The molecule has 2 aliphatic heterocycles. The fourth-order valence-electron chi connectivity index (χ4n) is 4.49. The standard InChI is InChI=1S/C29H37NO5/c1-27(2,3)19-33-26(32)30-15-13-29(14-16-30)18-23-17-22(11-12-24(23)34-29)20-7-9-21(10-8-20)25(31)35-28(4,5)6/h7-12,17H,13-16,18-19H2,1-6H3. The summed E-state index contributed by atoms with van der Waals surface area (Å²) >= 11 is 0. The summed E-state index contributed by atoms with van der Waals surface area (Å²) < 4.78 is 17.4. The molecule has 1 amide bonds. The molecule has 4 rings (SSSR count). The van der Waals surface area contributed by atoms with Gasteiger partial charge in [-0.25, -0.2) is 9.59 Å². The van der Waals surface area contributed by atoms with Crippen LogP contribution < -0.4 is 4.74 Å². The summed E-state index contributed by atoms with van der Waals surface area (Å²) in [6.45, 7) is 13.4. The van der Waals surface area contributed by atoms with Gasteiger partial charge in [0.05, 0.1) is 12.2 Å². The predicted octanol–water partition coefficient (Wildman–Crippen LogP) is 6.26. The van der Waals surface area contributed by atoms with E-state index in [2.05, 4.69) is 32.9 Å². The van der Waals surface area contributed by atoms with Crippen LogP contribution in [-0.4, -0.2) is 47.9 Å². The minimum Gasteiger partial charge on any atom is -0.487 e. The van der Waals surface area contributed by atoms with Crippen molar-refractivity contribution < 1.29 is 23.8 Å². The number of hydrogen-bond acceptors (Lipinski definition) is 5. The monoisotopic (exact) mass is 479 g/mol. The lowest BCUT2D eigenvalue weighted by atomic mass is 9.86. The average molecular weight is 480 g/mol. The molecular weight excluding hydrogens is 442 g/mol. The molecule has 6 nitrogen and oxygen atoms in total. The molecule has 1 spiro atoms. The Hall–Kier alpha value is -3.02. The topological polar surface area (TPSA) is 65.1 Å². The van der Waals surface area contributed by atoms with Gasteiger partial charge < -0.3 is 19.1 Å². The number of ether oxygens (including phenoxy) is 3. The fourth-order valence-corrected chi connectivity index (χ4v) is 4.49. The van der Waals surface area contributed by atoms with E-state index < -0.39 is 5.60 Å². The molecule has 6 heteroatoms. The number of piperidine rings is 1. The van der Waals surface area contributed by atoms with E-state index >= 15 is 0 Å². The van der Waals surface area contributed by atoms with Crippen LogP contribution in [-0.2, 0) is 15.9 Å². The molecule has 2 heterocycles. The first-order chi connectivity index (χ1) is 16.3. The van der Waals surface area contributed by atoms with Gasteiger partial charge in [0, 0.05) is 32.4 Å². The minimum absolute atomic E-state index is 0.0450. The molecule has 1 saturated heterocycles. The Kier molecular flexibility index (Phi) is 6.60. The highest BCUT2D eigenvalue weighted by molar-refractivity contribution is 5.90. The number of carbonyl (C=O) groups excluding carboxylic acids is 2. The second kappa shape index (κ2) is 9.21. The molecule has 188 valence electrons. The molecule has 0 radical (unpaired) electrons. The lowest BCUT2D eigenvalue weighted by Crippen LogP contribution is -2.49. The molecule has 2 aromatic rings. The Bertz CT molecular complexity index is 1080. The van der Waals surface area contributed by atoms with Gasteiger partial charge in [0.1, 0.15) is 17.0 Å². The van der Waals surface area contributed by atoms with Crippen LogP contribution in [0.3, 0.4) is 0 Å². The van der Waals surface area contributed by atoms with Crippen LogP contribution in [0.25, 0.3) is 11.1 Å². The van der Waals surface area contributed by atoms with Gasteiger partial charge in [-0.05, 0) is 67.1 Å². The molecule has 0 unspecified atom stereocenters. The van der Waals surface area contributed by atoms with E-state index in [9.17, 15) is 9.59 Å². The summed E-state index contributed by atoms with van der Waals surface area (Å²) in [7, 11) is 0. The highest BCUT2D eigenvalue weighted by Gasteiger charge is 2.43. The number of rotatable bonds is 3. The van der Waals surface area contributed by atoms with Gasteiger partial charge >= 0.3 is 12.1 Å². The zero-order chi connectivity index (χ0) is 25.4. The van der Waals surface area contributed by atoms with Crippen LogP contribution in [0.4, 0.5) is 4.79 Å². The van der Waals surface area contributed by atoms with E-state index in [0.29, 0.717) is 25.3 Å². The van der Waals surface area contributed by atoms with Gasteiger partial charge in [0.2, 0.25) is 0 Å². The Morgan fingerprint density at radius 3 is 2.17 bits per heavy atom. The van der Waals surface area contributed by atoms with Gasteiger partial charge in [-0.2, -0.15) is 0 Å². The second-order valence-electron chi connectivity index (χ2n) is 12.0. The lowest BCUT2D eigenvalue weighted by molar-refractivity contribution is 0.00670. The third-order valence-corrected chi connectivity index (χ3v) is 6.31. The average Bonchev–Trinajstić information content (AvgIpc) is 3.13. The van der Waals surface area contributed by atoms with E-state index in [1.807, 2.05) is 51.1 Å². The predicted molar refractivity (Wildman–Crippen MR) is 136 cm³/mol. The number of hydrogen-bond donors (Lipinski definition) is 0. The molecule has 0 aliphatic carbocycles. The number of nitrogens with zero attached hydrogens (tertiary/aromatic N) is 1. The van der Waals surface area contributed by atoms with Crippen molar-refractivity contribution in [3.63, 3.8) is 0 Å². The Morgan fingerprint density at radius 2 is 1.57 bits per heavy atom. The number of amides is 1. The van der Waals surface area contributed by atoms with Crippen molar-refractivity contribution in [3.05, 3.63) is 53.6 Å². The molecule has 0 aromatic heterocycles. The molecule has 0 atom stereocenters. The van der Waals surface area contributed by atoms with Crippen molar-refractivity contribution in [3.8, 4) is 16.9 Å². The van der Waals surface area contributed by atoms with Crippen molar-refractivity contribution in [1.29, 1.82) is 0 Å². The van der Waals surface area contributed by atoms with E-state index in [-0.39, 0.29) is 23.1 Å². The minimum atomic E-state index is -0.519. The van der Waals surface area contributed by atoms with E-state index in [1.54, 1.807) is 4.90 Å². The highest BCUT2D eigenvalue weighted by atomic mass is 16.6. The normalized spacial score (nSPS) is 17.0. The summed E-state index contributed by atoms with van der Waals surface area (Å²) in [5.74, 6) is 0.602. The smallest absolute Gasteiger partial charge is 0.409 e. The van der Waals surface area contributed by atoms with Crippen LogP contribution in [0.5, 0.6) is 5.75 Å². The summed E-state index contributed by atoms with van der Waals surface area (Å²) in [6, 6.07) is 13.8.